The smallest absolute Gasteiger partial charge is 0.410 e. The second kappa shape index (κ2) is 10.4. The number of carbonyl (C=O) groups is 2. The highest BCUT2D eigenvalue weighted by Crippen LogP contribution is 2.34. The number of amides is 2. The number of hydrogen-bond acceptors (Lipinski definition) is 4. The van der Waals surface area contributed by atoms with Crippen LogP contribution in [0.4, 0.5) is 4.79 Å². The molecule has 7 heteroatoms. The van der Waals surface area contributed by atoms with Crippen LogP contribution in [0.3, 0.4) is 0 Å². The van der Waals surface area contributed by atoms with Crippen LogP contribution in [0.2, 0.25) is 0 Å². The van der Waals surface area contributed by atoms with E-state index in [-0.39, 0.29) is 17.9 Å². The molecule has 7 nitrogen and oxygen atoms in total. The Morgan fingerprint density at radius 1 is 0.914 bits per heavy atom. The van der Waals surface area contributed by atoms with Gasteiger partial charge in [-0.15, -0.1) is 0 Å². The second-order valence-electron chi connectivity index (χ2n) is 11.1. The summed E-state index contributed by atoms with van der Waals surface area (Å²) in [5, 5.41) is 4.74. The van der Waals surface area contributed by atoms with E-state index in [1.54, 1.807) is 11.1 Å². The summed E-state index contributed by atoms with van der Waals surface area (Å²) in [6.45, 7) is 12.7. The van der Waals surface area contributed by atoms with E-state index in [0.29, 0.717) is 18.7 Å². The fourth-order valence-corrected chi connectivity index (χ4v) is 5.08. The van der Waals surface area contributed by atoms with E-state index in [0.717, 1.165) is 50.2 Å². The molecule has 0 saturated carbocycles. The van der Waals surface area contributed by atoms with E-state index in [1.807, 2.05) is 30.4 Å². The van der Waals surface area contributed by atoms with Crippen LogP contribution in [0.1, 0.15) is 92.4 Å². The highest BCUT2D eigenvalue weighted by atomic mass is 16.6. The van der Waals surface area contributed by atoms with Crippen LogP contribution >= 0.6 is 0 Å². The minimum atomic E-state index is -0.511. The van der Waals surface area contributed by atoms with Gasteiger partial charge in [-0.25, -0.2) is 9.48 Å². The molecule has 190 valence electrons. The van der Waals surface area contributed by atoms with Gasteiger partial charge in [0.15, 0.2) is 0 Å². The zero-order chi connectivity index (χ0) is 25.2. The number of benzene rings is 1. The lowest BCUT2D eigenvalue weighted by Crippen LogP contribution is -2.41. The average molecular weight is 481 g/mol. The third-order valence-electron chi connectivity index (χ3n) is 7.20. The van der Waals surface area contributed by atoms with Gasteiger partial charge in [-0.2, -0.15) is 5.10 Å². The van der Waals surface area contributed by atoms with E-state index in [4.69, 9.17) is 9.84 Å². The lowest BCUT2D eigenvalue weighted by atomic mass is 9.90. The highest BCUT2D eigenvalue weighted by molar-refractivity contribution is 5.95. The number of hydrogen-bond donors (Lipinski definition) is 0. The summed E-state index contributed by atoms with van der Waals surface area (Å²) >= 11 is 0. The molecule has 0 N–H and O–H groups in total. The lowest BCUT2D eigenvalue weighted by Gasteiger charge is -2.34. The number of ether oxygens (including phenoxy) is 1. The monoisotopic (exact) mass is 480 g/mol. The Hall–Kier alpha value is -2.83. The molecule has 0 spiro atoms. The van der Waals surface area contributed by atoms with Crippen molar-refractivity contribution in [1.82, 2.24) is 19.6 Å². The first-order chi connectivity index (χ1) is 16.6. The van der Waals surface area contributed by atoms with Gasteiger partial charge in [-0.05, 0) is 83.6 Å². The van der Waals surface area contributed by atoms with Crippen molar-refractivity contribution in [2.45, 2.75) is 84.7 Å². The summed E-state index contributed by atoms with van der Waals surface area (Å²) in [5.74, 6) is 0.232. The van der Waals surface area contributed by atoms with Crippen molar-refractivity contribution in [1.29, 1.82) is 0 Å². The van der Waals surface area contributed by atoms with Gasteiger partial charge >= 0.3 is 6.09 Å². The standard InChI is InChI=1S/C28H40N4O3/c1-20-10-11-23(18-21(20)2)32-25(22-12-16-31(17-13-22)27(34)35-28(3,4)5)24(19-29-32)26(33)30-14-8-6-7-9-15-30/h10-11,18-19,22H,6-9,12-17H2,1-5H3. The van der Waals surface area contributed by atoms with Crippen LogP contribution in [0.5, 0.6) is 0 Å². The minimum absolute atomic E-state index is 0.0894. The molecule has 0 atom stereocenters. The first-order valence-electron chi connectivity index (χ1n) is 13.1. The molecule has 0 bridgehead atoms. The van der Waals surface area contributed by atoms with Crippen molar-refractivity contribution in [2.75, 3.05) is 26.2 Å². The zero-order valence-corrected chi connectivity index (χ0v) is 22.0. The van der Waals surface area contributed by atoms with Gasteiger partial charge < -0.3 is 14.5 Å². The molecule has 2 aromatic rings. The molecular weight excluding hydrogens is 440 g/mol. The molecular formula is C28H40N4O3. The van der Waals surface area contributed by atoms with Gasteiger partial charge in [0, 0.05) is 32.1 Å². The summed E-state index contributed by atoms with van der Waals surface area (Å²) in [6, 6.07) is 6.33. The van der Waals surface area contributed by atoms with Gasteiger partial charge in [0.25, 0.3) is 5.91 Å². The predicted molar refractivity (Wildman–Crippen MR) is 137 cm³/mol. The minimum Gasteiger partial charge on any atom is -0.444 e. The molecule has 1 aromatic carbocycles. The number of aryl methyl sites for hydroxylation is 2. The third kappa shape index (κ3) is 5.88. The Morgan fingerprint density at radius 3 is 2.17 bits per heavy atom. The van der Waals surface area contributed by atoms with E-state index < -0.39 is 5.60 Å². The maximum atomic E-state index is 13.7. The largest absolute Gasteiger partial charge is 0.444 e. The highest BCUT2D eigenvalue weighted by Gasteiger charge is 2.33. The van der Waals surface area contributed by atoms with Crippen LogP contribution in [0, 0.1) is 13.8 Å². The Labute approximate surface area is 209 Å². The van der Waals surface area contributed by atoms with Gasteiger partial charge in [0.05, 0.1) is 23.1 Å². The number of carbonyl (C=O) groups excluding carboxylic acids is 2. The van der Waals surface area contributed by atoms with E-state index in [9.17, 15) is 9.59 Å². The molecule has 0 unspecified atom stereocenters. The lowest BCUT2D eigenvalue weighted by molar-refractivity contribution is 0.0203. The first kappa shape index (κ1) is 25.3. The topological polar surface area (TPSA) is 67.7 Å². The molecule has 2 amide bonds. The average Bonchev–Trinajstić information content (AvgIpc) is 3.06. The molecule has 2 aliphatic heterocycles. The van der Waals surface area contributed by atoms with Gasteiger partial charge in [0.2, 0.25) is 0 Å². The SMILES string of the molecule is Cc1ccc(-n2ncc(C(=O)N3CCCCCC3)c2C2CCN(C(=O)OC(C)(C)C)CC2)cc1C. The summed E-state index contributed by atoms with van der Waals surface area (Å²) in [7, 11) is 0. The molecule has 35 heavy (non-hydrogen) atoms. The molecule has 2 aliphatic rings. The number of likely N-dealkylation sites (tertiary alicyclic amines) is 2. The summed E-state index contributed by atoms with van der Waals surface area (Å²) < 4.78 is 7.55. The molecule has 2 saturated heterocycles. The molecule has 3 heterocycles. The van der Waals surface area contributed by atoms with E-state index in [1.165, 1.54) is 24.0 Å². The van der Waals surface area contributed by atoms with Crippen molar-refractivity contribution >= 4 is 12.0 Å². The quantitative estimate of drug-likeness (QED) is 0.572. The van der Waals surface area contributed by atoms with Gasteiger partial charge in [-0.1, -0.05) is 18.9 Å². The van der Waals surface area contributed by atoms with Crippen molar-refractivity contribution in [2.24, 2.45) is 0 Å². The maximum Gasteiger partial charge on any atom is 0.410 e. The molecule has 1 aromatic heterocycles. The second-order valence-corrected chi connectivity index (χ2v) is 11.1. The Kier molecular flexibility index (Phi) is 7.53. The van der Waals surface area contributed by atoms with E-state index >= 15 is 0 Å². The van der Waals surface area contributed by atoms with Crippen molar-refractivity contribution in [3.63, 3.8) is 0 Å². The van der Waals surface area contributed by atoms with Crippen molar-refractivity contribution < 1.29 is 14.3 Å². The van der Waals surface area contributed by atoms with Crippen LogP contribution in [0.15, 0.2) is 24.4 Å². The zero-order valence-electron chi connectivity index (χ0n) is 22.0. The molecule has 4 rings (SSSR count). The van der Waals surface area contributed by atoms with Gasteiger partial charge in [0.1, 0.15) is 5.60 Å². The molecule has 0 aliphatic carbocycles. The Balaban J connectivity index is 1.63. The maximum absolute atomic E-state index is 13.7. The van der Waals surface area contributed by atoms with E-state index in [2.05, 4.69) is 32.0 Å². The Morgan fingerprint density at radius 2 is 1.57 bits per heavy atom. The Bertz CT molecular complexity index is 1050. The fraction of sp³-hybridized carbons (Fsp3) is 0.607. The van der Waals surface area contributed by atoms with Crippen LogP contribution in [-0.4, -0.2) is 63.4 Å². The van der Waals surface area contributed by atoms with Crippen molar-refractivity contribution in [3.8, 4) is 5.69 Å². The fourth-order valence-electron chi connectivity index (χ4n) is 5.08. The summed E-state index contributed by atoms with van der Waals surface area (Å²) in [5.41, 5.74) is 4.58. The normalized spacial score (nSPS) is 17.9. The summed E-state index contributed by atoms with van der Waals surface area (Å²) in [6.07, 6.45) is 7.52. The number of piperidine rings is 1. The van der Waals surface area contributed by atoms with Gasteiger partial charge in [-0.3, -0.25) is 4.79 Å². The first-order valence-corrected chi connectivity index (χ1v) is 13.1. The number of nitrogens with zero attached hydrogens (tertiary/aromatic N) is 4. The number of aromatic nitrogens is 2. The summed E-state index contributed by atoms with van der Waals surface area (Å²) in [4.78, 5) is 30.1. The molecule has 0 radical (unpaired) electrons. The molecule has 2 fully saturated rings. The number of rotatable bonds is 3. The van der Waals surface area contributed by atoms with Crippen LogP contribution in [0.25, 0.3) is 5.69 Å². The van der Waals surface area contributed by atoms with Crippen LogP contribution in [-0.2, 0) is 4.74 Å². The van der Waals surface area contributed by atoms with Crippen LogP contribution < -0.4 is 0 Å². The third-order valence-corrected chi connectivity index (χ3v) is 7.20. The van der Waals surface area contributed by atoms with Crippen molar-refractivity contribution in [3.05, 3.63) is 46.8 Å². The predicted octanol–water partition coefficient (Wildman–Crippen LogP) is 5.62.